The van der Waals surface area contributed by atoms with E-state index in [9.17, 15) is 24.3 Å². The van der Waals surface area contributed by atoms with E-state index >= 15 is 0 Å². The summed E-state index contributed by atoms with van der Waals surface area (Å²) in [5, 5.41) is 15.3. The van der Waals surface area contributed by atoms with Crippen LogP contribution in [0.2, 0.25) is 0 Å². The van der Waals surface area contributed by atoms with Crippen molar-refractivity contribution in [1.82, 2.24) is 15.5 Å². The number of cyclic esters (lactones) is 1. The standard InChI is InChI=1S/C32H39N3O7/c36-20-26(18-23-10-3-1-4-11-23)33-29(37)19-25-14-7-8-16-28(34-32(40)42-21-24-12-5-2-6-13-24)31(39)41-22-27-15-9-17-35(27)30(25)38/h1-8,10-13,25-28,36H,9,14-22H2,(H,33,37)(H,34,40)/t25-,26+,27+,28-/m1/s1. The van der Waals surface area contributed by atoms with Crippen molar-refractivity contribution < 1.29 is 33.8 Å². The van der Waals surface area contributed by atoms with Crippen molar-refractivity contribution >= 4 is 23.9 Å². The molecule has 2 aromatic carbocycles. The Kier molecular flexibility index (Phi) is 11.5. The molecule has 42 heavy (non-hydrogen) atoms. The number of hydrogen-bond donors (Lipinski definition) is 3. The molecule has 224 valence electrons. The lowest BCUT2D eigenvalue weighted by Crippen LogP contribution is -2.46. The van der Waals surface area contributed by atoms with Crippen molar-refractivity contribution in [2.24, 2.45) is 5.92 Å². The van der Waals surface area contributed by atoms with Crippen LogP contribution in [0.1, 0.15) is 43.2 Å². The number of nitrogens with zero attached hydrogens (tertiary/aromatic N) is 1. The smallest absolute Gasteiger partial charge is 0.408 e. The number of alkyl carbamates (subject to hydrolysis) is 1. The van der Waals surface area contributed by atoms with Crippen LogP contribution in [0.5, 0.6) is 0 Å². The summed E-state index contributed by atoms with van der Waals surface area (Å²) in [6, 6.07) is 17.1. The number of ether oxygens (including phenoxy) is 2. The summed E-state index contributed by atoms with van der Waals surface area (Å²) < 4.78 is 10.8. The Bertz CT molecular complexity index is 1220. The zero-order valence-electron chi connectivity index (χ0n) is 23.7. The van der Waals surface area contributed by atoms with Crippen LogP contribution in [0.15, 0.2) is 72.8 Å². The van der Waals surface area contributed by atoms with Gasteiger partial charge in [-0.1, -0.05) is 72.8 Å². The van der Waals surface area contributed by atoms with Crippen molar-refractivity contribution in [3.05, 3.63) is 83.9 Å². The number of aliphatic hydroxyl groups excluding tert-OH is 1. The first-order valence-electron chi connectivity index (χ1n) is 14.5. The summed E-state index contributed by atoms with van der Waals surface area (Å²) in [7, 11) is 0. The van der Waals surface area contributed by atoms with E-state index < -0.39 is 30.1 Å². The van der Waals surface area contributed by atoms with Crippen LogP contribution in [-0.2, 0) is 36.9 Å². The molecule has 3 amide bonds. The Morgan fingerprint density at radius 1 is 1.00 bits per heavy atom. The molecular weight excluding hydrogens is 538 g/mol. The topological polar surface area (TPSA) is 134 Å². The summed E-state index contributed by atoms with van der Waals surface area (Å²) in [6.45, 7) is 0.369. The zero-order chi connectivity index (χ0) is 29.7. The fourth-order valence-electron chi connectivity index (χ4n) is 5.27. The van der Waals surface area contributed by atoms with Gasteiger partial charge in [0, 0.05) is 13.0 Å². The van der Waals surface area contributed by atoms with Gasteiger partial charge in [0.1, 0.15) is 19.3 Å². The minimum Gasteiger partial charge on any atom is -0.462 e. The number of benzene rings is 2. The minimum atomic E-state index is -0.959. The molecular formula is C32H39N3O7. The summed E-state index contributed by atoms with van der Waals surface area (Å²) in [6.07, 6.45) is 5.04. The Morgan fingerprint density at radius 2 is 1.69 bits per heavy atom. The highest BCUT2D eigenvalue weighted by molar-refractivity contribution is 5.86. The molecule has 0 aliphatic carbocycles. The molecule has 0 aromatic heterocycles. The molecule has 0 unspecified atom stereocenters. The maximum atomic E-state index is 13.6. The Labute approximate surface area is 246 Å². The van der Waals surface area contributed by atoms with Crippen molar-refractivity contribution in [3.63, 3.8) is 0 Å². The molecule has 2 aromatic rings. The molecule has 0 spiro atoms. The molecule has 1 saturated heterocycles. The molecule has 0 bridgehead atoms. The number of aliphatic hydroxyl groups is 1. The lowest BCUT2D eigenvalue weighted by atomic mass is 9.97. The molecule has 2 aliphatic rings. The van der Waals surface area contributed by atoms with Gasteiger partial charge in [-0.25, -0.2) is 9.59 Å². The van der Waals surface area contributed by atoms with E-state index in [0.29, 0.717) is 19.4 Å². The number of carbonyl (C=O) groups is 4. The van der Waals surface area contributed by atoms with Crippen molar-refractivity contribution in [3.8, 4) is 0 Å². The quantitative estimate of drug-likeness (QED) is 0.308. The number of nitrogens with one attached hydrogen (secondary N) is 2. The van der Waals surface area contributed by atoms with Crippen LogP contribution in [0.3, 0.4) is 0 Å². The Hall–Kier alpha value is -4.18. The molecule has 2 heterocycles. The molecule has 4 rings (SSSR count). The van der Waals surface area contributed by atoms with E-state index in [-0.39, 0.29) is 56.9 Å². The minimum absolute atomic E-state index is 0.00804. The number of esters is 1. The van der Waals surface area contributed by atoms with E-state index in [2.05, 4.69) is 10.6 Å². The van der Waals surface area contributed by atoms with Gasteiger partial charge in [-0.05, 0) is 43.2 Å². The number of rotatable bonds is 9. The summed E-state index contributed by atoms with van der Waals surface area (Å²) in [5.41, 5.74) is 1.81. The van der Waals surface area contributed by atoms with Gasteiger partial charge >= 0.3 is 12.1 Å². The third-order valence-electron chi connectivity index (χ3n) is 7.52. The van der Waals surface area contributed by atoms with Gasteiger partial charge in [-0.2, -0.15) is 0 Å². The van der Waals surface area contributed by atoms with Gasteiger partial charge in [0.15, 0.2) is 0 Å². The lowest BCUT2D eigenvalue weighted by Gasteiger charge is -2.29. The first-order chi connectivity index (χ1) is 20.4. The average molecular weight is 578 g/mol. The van der Waals surface area contributed by atoms with Crippen LogP contribution in [0.4, 0.5) is 4.79 Å². The van der Waals surface area contributed by atoms with E-state index in [1.54, 1.807) is 17.1 Å². The monoisotopic (exact) mass is 577 g/mol. The van der Waals surface area contributed by atoms with Crippen molar-refractivity contribution in [1.29, 1.82) is 0 Å². The second-order valence-corrected chi connectivity index (χ2v) is 10.7. The molecule has 2 aliphatic heterocycles. The predicted octanol–water partition coefficient (Wildman–Crippen LogP) is 2.89. The predicted molar refractivity (Wildman–Crippen MR) is 155 cm³/mol. The van der Waals surface area contributed by atoms with E-state index in [1.807, 2.05) is 60.7 Å². The lowest BCUT2D eigenvalue weighted by molar-refractivity contribution is -0.150. The maximum Gasteiger partial charge on any atom is 0.408 e. The number of hydrogen-bond acceptors (Lipinski definition) is 7. The largest absolute Gasteiger partial charge is 0.462 e. The van der Waals surface area contributed by atoms with Crippen molar-refractivity contribution in [2.75, 3.05) is 19.8 Å². The summed E-state index contributed by atoms with van der Waals surface area (Å²) >= 11 is 0. The van der Waals surface area contributed by atoms with E-state index in [4.69, 9.17) is 9.47 Å². The fourth-order valence-corrected chi connectivity index (χ4v) is 5.27. The average Bonchev–Trinajstić information content (AvgIpc) is 3.48. The number of fused-ring (bicyclic) bond motifs is 1. The van der Waals surface area contributed by atoms with Crippen LogP contribution in [-0.4, -0.2) is 71.8 Å². The molecule has 0 saturated carbocycles. The highest BCUT2D eigenvalue weighted by Crippen LogP contribution is 2.24. The second-order valence-electron chi connectivity index (χ2n) is 10.7. The van der Waals surface area contributed by atoms with Gasteiger partial charge in [-0.15, -0.1) is 0 Å². The molecule has 1 fully saturated rings. The van der Waals surface area contributed by atoms with Crippen LogP contribution in [0, 0.1) is 5.92 Å². The molecule has 0 radical (unpaired) electrons. The van der Waals surface area contributed by atoms with Gasteiger partial charge in [0.2, 0.25) is 11.8 Å². The van der Waals surface area contributed by atoms with Crippen LogP contribution < -0.4 is 10.6 Å². The van der Waals surface area contributed by atoms with E-state index in [1.165, 1.54) is 0 Å². The SMILES string of the molecule is O=C(C[C@H]1CC=CC[C@@H](NC(=O)OCc2ccccc2)C(=O)OC[C@@H]2CCCN2C1=O)N[C@H](CO)Cc1ccccc1. The Balaban J connectivity index is 1.39. The highest BCUT2D eigenvalue weighted by Gasteiger charge is 2.35. The first kappa shape index (κ1) is 30.8. The zero-order valence-corrected chi connectivity index (χ0v) is 23.7. The summed E-state index contributed by atoms with van der Waals surface area (Å²) in [5.74, 6) is -1.68. The molecule has 10 heteroatoms. The molecule has 10 nitrogen and oxygen atoms in total. The normalized spacial score (nSPS) is 21.7. The third-order valence-corrected chi connectivity index (χ3v) is 7.52. The van der Waals surface area contributed by atoms with Gasteiger partial charge in [-0.3, -0.25) is 9.59 Å². The van der Waals surface area contributed by atoms with Crippen LogP contribution in [0.25, 0.3) is 0 Å². The van der Waals surface area contributed by atoms with Gasteiger partial charge < -0.3 is 30.1 Å². The molecule has 4 atom stereocenters. The number of allylic oxidation sites excluding steroid dienone is 1. The van der Waals surface area contributed by atoms with Crippen LogP contribution >= 0.6 is 0 Å². The van der Waals surface area contributed by atoms with Gasteiger partial charge in [0.05, 0.1) is 24.6 Å². The van der Waals surface area contributed by atoms with E-state index in [0.717, 1.165) is 17.5 Å². The Morgan fingerprint density at radius 3 is 2.40 bits per heavy atom. The first-order valence-corrected chi connectivity index (χ1v) is 14.5. The summed E-state index contributed by atoms with van der Waals surface area (Å²) in [4.78, 5) is 53.6. The maximum absolute atomic E-state index is 13.6. The third kappa shape index (κ3) is 9.17. The number of carbonyl (C=O) groups excluding carboxylic acids is 4. The molecule has 3 N–H and O–H groups in total. The number of amides is 3. The highest BCUT2D eigenvalue weighted by atomic mass is 16.6. The fraction of sp³-hybridized carbons (Fsp3) is 0.438. The van der Waals surface area contributed by atoms with Crippen molar-refractivity contribution in [2.45, 2.75) is 63.3 Å². The second kappa shape index (κ2) is 15.7. The van der Waals surface area contributed by atoms with Gasteiger partial charge in [0.25, 0.3) is 0 Å².